The van der Waals surface area contributed by atoms with Crippen LogP contribution in [0.3, 0.4) is 0 Å². The fraction of sp³-hybridized carbons (Fsp3) is 0. The Morgan fingerprint density at radius 1 is 1.19 bits per heavy atom. The smallest absolute Gasteiger partial charge is 0.149 e. The van der Waals surface area contributed by atoms with Crippen LogP contribution in [-0.4, -0.2) is 9.97 Å². The topological polar surface area (TPSA) is 63.8 Å². The van der Waals surface area contributed by atoms with Gasteiger partial charge in [-0.2, -0.15) is 0 Å². The number of benzene rings is 1. The average molecular weight is 239 g/mol. The molecule has 0 saturated heterocycles. The Morgan fingerprint density at radius 3 is 2.62 bits per heavy atom. The molecular weight excluding hydrogens is 231 g/mol. The monoisotopic (exact) mass is 238 g/mol. The van der Waals surface area contributed by atoms with Gasteiger partial charge in [-0.1, -0.05) is 11.6 Å². The van der Waals surface area contributed by atoms with E-state index < -0.39 is 5.82 Å². The molecule has 1 heterocycles. The second-order valence-electron chi connectivity index (χ2n) is 3.11. The number of anilines is 3. The number of hydrogen-bond donors (Lipinski definition) is 2. The van der Waals surface area contributed by atoms with Crippen molar-refractivity contribution in [3.8, 4) is 0 Å². The van der Waals surface area contributed by atoms with Gasteiger partial charge in [-0.15, -0.1) is 0 Å². The minimum Gasteiger partial charge on any atom is -0.382 e. The second kappa shape index (κ2) is 4.32. The standard InChI is InChI=1S/C10H8ClFN4/c11-6-1-7(12)3-8(2-6)16-10-5-14-9(13)4-15-10/h1-5H,(H2,13,14)(H,15,16). The first-order valence-electron chi connectivity index (χ1n) is 4.44. The Bertz CT molecular complexity index is 480. The molecule has 2 rings (SSSR count). The molecule has 1 aromatic carbocycles. The van der Waals surface area contributed by atoms with Gasteiger partial charge in [0, 0.05) is 10.7 Å². The van der Waals surface area contributed by atoms with Gasteiger partial charge in [0.15, 0.2) is 0 Å². The highest BCUT2D eigenvalue weighted by molar-refractivity contribution is 6.30. The summed E-state index contributed by atoms with van der Waals surface area (Å²) in [5, 5.41) is 3.17. The van der Waals surface area contributed by atoms with Crippen molar-refractivity contribution < 1.29 is 4.39 Å². The van der Waals surface area contributed by atoms with Crippen molar-refractivity contribution in [3.63, 3.8) is 0 Å². The van der Waals surface area contributed by atoms with Crippen LogP contribution in [0, 0.1) is 5.82 Å². The third kappa shape index (κ3) is 2.58. The average Bonchev–Trinajstić information content (AvgIpc) is 2.20. The molecule has 0 unspecified atom stereocenters. The van der Waals surface area contributed by atoms with E-state index in [1.54, 1.807) is 6.07 Å². The first kappa shape index (κ1) is 10.6. The molecule has 82 valence electrons. The van der Waals surface area contributed by atoms with Gasteiger partial charge in [-0.25, -0.2) is 14.4 Å². The fourth-order valence-electron chi connectivity index (χ4n) is 1.18. The van der Waals surface area contributed by atoms with Crippen molar-refractivity contribution in [2.45, 2.75) is 0 Å². The molecule has 0 saturated carbocycles. The third-order valence-electron chi connectivity index (χ3n) is 1.81. The van der Waals surface area contributed by atoms with E-state index in [2.05, 4.69) is 15.3 Å². The van der Waals surface area contributed by atoms with Gasteiger partial charge in [0.05, 0.1) is 12.4 Å². The van der Waals surface area contributed by atoms with E-state index in [0.717, 1.165) is 0 Å². The predicted molar refractivity (Wildman–Crippen MR) is 61.1 cm³/mol. The molecule has 0 aliphatic rings. The Morgan fingerprint density at radius 2 is 2.00 bits per heavy atom. The lowest BCUT2D eigenvalue weighted by atomic mass is 10.3. The maximum Gasteiger partial charge on any atom is 0.149 e. The molecule has 0 aliphatic heterocycles. The van der Waals surface area contributed by atoms with Gasteiger partial charge in [-0.3, -0.25) is 0 Å². The summed E-state index contributed by atoms with van der Waals surface area (Å²) >= 11 is 5.71. The van der Waals surface area contributed by atoms with Crippen molar-refractivity contribution in [1.29, 1.82) is 0 Å². The zero-order valence-corrected chi connectivity index (χ0v) is 8.87. The highest BCUT2D eigenvalue weighted by Gasteiger charge is 2.00. The Kier molecular flexibility index (Phi) is 2.87. The van der Waals surface area contributed by atoms with E-state index in [1.807, 2.05) is 0 Å². The van der Waals surface area contributed by atoms with Crippen LogP contribution in [0.4, 0.5) is 21.7 Å². The molecule has 16 heavy (non-hydrogen) atoms. The van der Waals surface area contributed by atoms with Crippen LogP contribution in [0.25, 0.3) is 0 Å². The molecule has 0 spiro atoms. The number of nitrogens with zero attached hydrogens (tertiary/aromatic N) is 2. The van der Waals surface area contributed by atoms with Crippen molar-refractivity contribution in [1.82, 2.24) is 9.97 Å². The van der Waals surface area contributed by atoms with E-state index in [4.69, 9.17) is 17.3 Å². The zero-order chi connectivity index (χ0) is 11.5. The minimum absolute atomic E-state index is 0.311. The highest BCUT2D eigenvalue weighted by Crippen LogP contribution is 2.20. The number of nitrogens with two attached hydrogens (primary N) is 1. The second-order valence-corrected chi connectivity index (χ2v) is 3.55. The molecule has 0 atom stereocenters. The van der Waals surface area contributed by atoms with Crippen LogP contribution in [0.2, 0.25) is 5.02 Å². The van der Waals surface area contributed by atoms with Crippen molar-refractivity contribution in [2.75, 3.05) is 11.1 Å². The number of rotatable bonds is 2. The largest absolute Gasteiger partial charge is 0.382 e. The molecule has 0 aliphatic carbocycles. The van der Waals surface area contributed by atoms with Gasteiger partial charge < -0.3 is 11.1 Å². The summed E-state index contributed by atoms with van der Waals surface area (Å²) < 4.78 is 13.0. The van der Waals surface area contributed by atoms with Gasteiger partial charge in [-0.05, 0) is 18.2 Å². The molecule has 0 radical (unpaired) electrons. The van der Waals surface area contributed by atoms with Gasteiger partial charge in [0.25, 0.3) is 0 Å². The zero-order valence-electron chi connectivity index (χ0n) is 8.11. The third-order valence-corrected chi connectivity index (χ3v) is 2.02. The maximum absolute atomic E-state index is 13.0. The van der Waals surface area contributed by atoms with E-state index in [-0.39, 0.29) is 0 Å². The summed E-state index contributed by atoms with van der Waals surface area (Å²) in [4.78, 5) is 7.81. The molecule has 2 aromatic rings. The fourth-order valence-corrected chi connectivity index (χ4v) is 1.40. The number of halogens is 2. The molecule has 0 bridgehead atoms. The van der Waals surface area contributed by atoms with Crippen LogP contribution in [0.15, 0.2) is 30.6 Å². The quantitative estimate of drug-likeness (QED) is 0.844. The summed E-state index contributed by atoms with van der Waals surface area (Å²) in [5.41, 5.74) is 5.89. The van der Waals surface area contributed by atoms with Crippen molar-refractivity contribution in [2.24, 2.45) is 0 Å². The van der Waals surface area contributed by atoms with Gasteiger partial charge in [0.2, 0.25) is 0 Å². The first-order valence-corrected chi connectivity index (χ1v) is 4.82. The Hall–Kier alpha value is -1.88. The lowest BCUT2D eigenvalue weighted by molar-refractivity contribution is 0.628. The molecule has 0 fully saturated rings. The summed E-state index contributed by atoms with van der Waals surface area (Å²) in [5.74, 6) is 0.372. The van der Waals surface area contributed by atoms with E-state index in [0.29, 0.717) is 22.3 Å². The van der Waals surface area contributed by atoms with E-state index >= 15 is 0 Å². The van der Waals surface area contributed by atoms with Gasteiger partial charge in [0.1, 0.15) is 17.5 Å². The number of aromatic nitrogens is 2. The summed E-state index contributed by atoms with van der Waals surface area (Å²) in [7, 11) is 0. The highest BCUT2D eigenvalue weighted by atomic mass is 35.5. The van der Waals surface area contributed by atoms with Crippen molar-refractivity contribution in [3.05, 3.63) is 41.4 Å². The van der Waals surface area contributed by atoms with Crippen LogP contribution < -0.4 is 11.1 Å². The molecule has 6 heteroatoms. The Labute approximate surface area is 96.3 Å². The first-order chi connectivity index (χ1) is 7.63. The predicted octanol–water partition coefficient (Wildman–Crippen LogP) is 2.59. The maximum atomic E-state index is 13.0. The minimum atomic E-state index is -0.418. The molecule has 1 aromatic heterocycles. The number of nitrogens with one attached hydrogen (secondary N) is 1. The normalized spacial score (nSPS) is 10.1. The lowest BCUT2D eigenvalue weighted by Gasteiger charge is -2.05. The summed E-state index contributed by atoms with van der Waals surface area (Å²) in [6.07, 6.45) is 2.86. The molecule has 3 N–H and O–H groups in total. The lowest BCUT2D eigenvalue weighted by Crippen LogP contribution is -1.97. The molecular formula is C10H8ClFN4. The van der Waals surface area contributed by atoms with Crippen LogP contribution in [-0.2, 0) is 0 Å². The van der Waals surface area contributed by atoms with Crippen LogP contribution in [0.5, 0.6) is 0 Å². The number of nitrogen functional groups attached to an aromatic ring is 1. The van der Waals surface area contributed by atoms with Gasteiger partial charge >= 0.3 is 0 Å². The van der Waals surface area contributed by atoms with Crippen LogP contribution >= 0.6 is 11.6 Å². The Balaban J connectivity index is 2.23. The SMILES string of the molecule is Nc1cnc(Nc2cc(F)cc(Cl)c2)cn1. The van der Waals surface area contributed by atoms with Crippen molar-refractivity contribution >= 4 is 28.9 Å². The summed E-state index contributed by atoms with van der Waals surface area (Å²) in [6.45, 7) is 0. The van der Waals surface area contributed by atoms with E-state index in [1.165, 1.54) is 24.5 Å². The van der Waals surface area contributed by atoms with Crippen LogP contribution in [0.1, 0.15) is 0 Å². The van der Waals surface area contributed by atoms with E-state index in [9.17, 15) is 4.39 Å². The number of hydrogen-bond acceptors (Lipinski definition) is 4. The molecule has 0 amide bonds. The molecule has 4 nitrogen and oxygen atoms in total. The summed E-state index contributed by atoms with van der Waals surface area (Å²) in [6, 6.07) is 4.12.